The minimum absolute atomic E-state index is 0.101. The van der Waals surface area contributed by atoms with Gasteiger partial charge in [0.1, 0.15) is 0 Å². The summed E-state index contributed by atoms with van der Waals surface area (Å²) in [5.41, 5.74) is 6.57. The van der Waals surface area contributed by atoms with Gasteiger partial charge in [-0.2, -0.15) is 13.2 Å². The van der Waals surface area contributed by atoms with Gasteiger partial charge in [-0.1, -0.05) is 206 Å². The molecule has 2 saturated heterocycles. The number of hydrogen-bond donors (Lipinski definition) is 2. The SMILES string of the molecule is O=C(O)N1CC[C@H](N(c2ccccc2)S(=O)(=O)c2ccc(-c3ccccc3)cc2)CC1CCCN(Cc1ccccc1)Cc1ccccc1.O=C(O)N1CC[C@H](N(c2ccccc2)S(=O)(=O)c2cccc(C(F)(F)F)c2)CC1CCCN(Cc1ccccc1)Cc1ccccc1. The summed E-state index contributed by atoms with van der Waals surface area (Å²) in [6.45, 7) is 4.84. The Kier molecular flexibility index (Phi) is 23.9. The summed E-state index contributed by atoms with van der Waals surface area (Å²) in [6, 6.07) is 77.2. The van der Waals surface area contributed by atoms with Gasteiger partial charge in [-0.05, 0) is 152 Å². The van der Waals surface area contributed by atoms with Crippen LogP contribution in [0.5, 0.6) is 0 Å². The number of nitrogens with zero attached hydrogens (tertiary/aromatic N) is 6. The van der Waals surface area contributed by atoms with Gasteiger partial charge in [0.15, 0.2) is 0 Å². The molecule has 500 valence electrons. The second-order valence-electron chi connectivity index (χ2n) is 24.5. The van der Waals surface area contributed by atoms with E-state index < -0.39 is 67.0 Å². The quantitative estimate of drug-likeness (QED) is 0.0563. The number of para-hydroxylation sites is 2. The molecule has 2 heterocycles. The number of alkyl halides is 3. The van der Waals surface area contributed by atoms with Crippen LogP contribution in [0.4, 0.5) is 34.1 Å². The van der Waals surface area contributed by atoms with Gasteiger partial charge in [-0.15, -0.1) is 0 Å². The van der Waals surface area contributed by atoms with Crippen molar-refractivity contribution in [2.24, 2.45) is 0 Å². The molecule has 9 aromatic rings. The van der Waals surface area contributed by atoms with Crippen LogP contribution in [0.2, 0.25) is 0 Å². The first-order valence-electron chi connectivity index (χ1n) is 32.5. The molecule has 2 fully saturated rings. The molecule has 11 rings (SSSR count). The molecule has 9 aromatic carbocycles. The van der Waals surface area contributed by atoms with E-state index in [1.165, 1.54) is 35.6 Å². The standard InChI is InChI=1S/C41H43N3O4S.C36H38F3N3O4S/c45-41(46)43-29-27-39(30-38(43)22-13-28-42(31-33-14-5-1-6-15-33)32-34-16-7-2-8-17-34)44(37-20-11-4-12-21-37)49(47,48)40-25-23-36(24-26-40)35-18-9-3-10-19-35;37-36(38,39)30-16-10-20-34(24-30)47(45,46)42(31-17-8-3-9-18-31)33-21-23-41(35(43)44)32(25-33)19-11-22-40(26-28-12-4-1-5-13-28)27-29-14-6-2-7-15-29/h1-12,14-21,23-26,38-39H,13,22,27-32H2,(H,45,46);1-10,12-18,20,24,32-33H,11,19,21-23,25-27H2,(H,43,44)/t38?,39-;32?,33-/m00/s1. The number of amides is 2. The minimum Gasteiger partial charge on any atom is -0.465 e. The summed E-state index contributed by atoms with van der Waals surface area (Å²) in [5, 5.41) is 20.3. The van der Waals surface area contributed by atoms with Crippen LogP contribution in [0, 0.1) is 0 Å². The second-order valence-corrected chi connectivity index (χ2v) is 28.1. The van der Waals surface area contributed by atoms with E-state index in [1.54, 1.807) is 42.5 Å². The van der Waals surface area contributed by atoms with Crippen molar-refractivity contribution in [2.45, 2.75) is 118 Å². The molecule has 19 heteroatoms. The second kappa shape index (κ2) is 32.9. The molecule has 14 nitrogen and oxygen atoms in total. The molecule has 2 aliphatic heterocycles. The van der Waals surface area contributed by atoms with E-state index in [4.69, 9.17) is 0 Å². The van der Waals surface area contributed by atoms with Gasteiger partial charge in [0, 0.05) is 63.4 Å². The zero-order chi connectivity index (χ0) is 67.5. The molecule has 0 radical (unpaired) electrons. The molecular formula is C77H81F3N6O8S2. The number of carbonyl (C=O) groups is 2. The van der Waals surface area contributed by atoms with Crippen LogP contribution in [-0.2, 0) is 52.4 Å². The Balaban J connectivity index is 0.000000209. The maximum atomic E-state index is 14.4. The molecule has 2 unspecified atom stereocenters. The van der Waals surface area contributed by atoms with E-state index in [9.17, 15) is 49.8 Å². The predicted molar refractivity (Wildman–Crippen MR) is 371 cm³/mol. The summed E-state index contributed by atoms with van der Waals surface area (Å²) < 4.78 is 100. The Morgan fingerprint density at radius 2 is 0.750 bits per heavy atom. The highest BCUT2D eigenvalue weighted by molar-refractivity contribution is 7.93. The summed E-state index contributed by atoms with van der Waals surface area (Å²) >= 11 is 0. The van der Waals surface area contributed by atoms with Crippen molar-refractivity contribution in [1.29, 1.82) is 0 Å². The van der Waals surface area contributed by atoms with Gasteiger partial charge >= 0.3 is 18.4 Å². The zero-order valence-corrected chi connectivity index (χ0v) is 55.1. The lowest BCUT2D eigenvalue weighted by atomic mass is 9.93. The molecule has 0 spiro atoms. The van der Waals surface area contributed by atoms with Crippen LogP contribution in [0.15, 0.2) is 271 Å². The van der Waals surface area contributed by atoms with E-state index >= 15 is 0 Å². The number of rotatable bonds is 25. The molecule has 2 amide bonds. The van der Waals surface area contributed by atoms with Crippen LogP contribution < -0.4 is 8.61 Å². The summed E-state index contributed by atoms with van der Waals surface area (Å²) in [7, 11) is -8.40. The maximum absolute atomic E-state index is 14.4. The van der Waals surface area contributed by atoms with Crippen LogP contribution in [0.25, 0.3) is 11.1 Å². The molecule has 0 aliphatic carbocycles. The highest BCUT2D eigenvalue weighted by Crippen LogP contribution is 2.38. The number of halogens is 3. The van der Waals surface area contributed by atoms with Crippen LogP contribution in [0.3, 0.4) is 0 Å². The van der Waals surface area contributed by atoms with Gasteiger partial charge in [-0.25, -0.2) is 26.4 Å². The first kappa shape index (κ1) is 69.6. The minimum atomic E-state index is -4.71. The average Bonchev–Trinajstić information content (AvgIpc) is 0.774. The first-order chi connectivity index (χ1) is 46.4. The van der Waals surface area contributed by atoms with Crippen molar-refractivity contribution in [3.05, 3.63) is 289 Å². The highest BCUT2D eigenvalue weighted by atomic mass is 32.2. The fourth-order valence-corrected chi connectivity index (χ4v) is 16.6. The Morgan fingerprint density at radius 1 is 0.417 bits per heavy atom. The van der Waals surface area contributed by atoms with Gasteiger partial charge in [0.2, 0.25) is 0 Å². The van der Waals surface area contributed by atoms with Gasteiger partial charge in [0.05, 0.1) is 26.7 Å². The highest BCUT2D eigenvalue weighted by Gasteiger charge is 2.42. The number of benzene rings is 9. The van der Waals surface area contributed by atoms with E-state index in [0.29, 0.717) is 69.2 Å². The summed E-state index contributed by atoms with van der Waals surface area (Å²) in [4.78, 5) is 32.1. The molecule has 0 aromatic heterocycles. The van der Waals surface area contributed by atoms with Crippen molar-refractivity contribution in [3.63, 3.8) is 0 Å². The third-order valence-electron chi connectivity index (χ3n) is 17.8. The number of sulfonamides is 2. The predicted octanol–water partition coefficient (Wildman–Crippen LogP) is 16.4. The van der Waals surface area contributed by atoms with Crippen molar-refractivity contribution in [1.82, 2.24) is 19.6 Å². The van der Waals surface area contributed by atoms with Gasteiger partial charge in [-0.3, -0.25) is 18.4 Å². The van der Waals surface area contributed by atoms with E-state index in [0.717, 1.165) is 60.4 Å². The number of anilines is 2. The fourth-order valence-electron chi connectivity index (χ4n) is 13.2. The van der Waals surface area contributed by atoms with E-state index in [-0.39, 0.29) is 36.9 Å². The van der Waals surface area contributed by atoms with Crippen molar-refractivity contribution < 1.29 is 49.8 Å². The normalized spacial score (nSPS) is 16.7. The lowest BCUT2D eigenvalue weighted by Crippen LogP contribution is -2.53. The number of likely N-dealkylation sites (tertiary alicyclic amines) is 2. The third kappa shape index (κ3) is 18.6. The zero-order valence-electron chi connectivity index (χ0n) is 53.4. The van der Waals surface area contributed by atoms with E-state index in [1.807, 2.05) is 146 Å². The monoisotopic (exact) mass is 1340 g/mol. The Morgan fingerprint density at radius 3 is 1.10 bits per heavy atom. The van der Waals surface area contributed by atoms with Gasteiger partial charge < -0.3 is 20.0 Å². The van der Waals surface area contributed by atoms with Crippen LogP contribution >= 0.6 is 0 Å². The Hall–Kier alpha value is -9.27. The first-order valence-corrected chi connectivity index (χ1v) is 35.4. The number of carboxylic acid groups (broad SMARTS) is 2. The number of hydrogen-bond acceptors (Lipinski definition) is 8. The molecule has 4 atom stereocenters. The molecule has 0 saturated carbocycles. The largest absolute Gasteiger partial charge is 0.465 e. The Labute approximate surface area is 562 Å². The third-order valence-corrected chi connectivity index (χ3v) is 21.6. The Bertz CT molecular complexity index is 4040. The molecule has 2 N–H and O–H groups in total. The van der Waals surface area contributed by atoms with Gasteiger partial charge in [0.25, 0.3) is 20.0 Å². The van der Waals surface area contributed by atoms with Crippen molar-refractivity contribution in [2.75, 3.05) is 34.8 Å². The lowest BCUT2D eigenvalue weighted by Gasteiger charge is -2.43. The average molecular weight is 1340 g/mol. The fraction of sp³-hybridized carbons (Fsp3) is 0.273. The molecular weight excluding hydrogens is 1260 g/mol. The summed E-state index contributed by atoms with van der Waals surface area (Å²) in [5.74, 6) is 0. The van der Waals surface area contributed by atoms with E-state index in [2.05, 4.69) is 58.3 Å². The topological polar surface area (TPSA) is 162 Å². The summed E-state index contributed by atoms with van der Waals surface area (Å²) in [6.07, 6.45) is -2.95. The van der Waals surface area contributed by atoms with Crippen LogP contribution in [-0.4, -0.2) is 109 Å². The molecule has 2 aliphatic rings. The van der Waals surface area contributed by atoms with Crippen LogP contribution in [0.1, 0.15) is 79.2 Å². The lowest BCUT2D eigenvalue weighted by molar-refractivity contribution is -0.137. The maximum Gasteiger partial charge on any atom is 0.416 e. The molecule has 0 bridgehead atoms. The number of piperidine rings is 2. The molecule has 96 heavy (non-hydrogen) atoms. The smallest absolute Gasteiger partial charge is 0.416 e. The van der Waals surface area contributed by atoms with Crippen molar-refractivity contribution >= 4 is 43.6 Å². The van der Waals surface area contributed by atoms with Crippen molar-refractivity contribution in [3.8, 4) is 11.1 Å².